The summed E-state index contributed by atoms with van der Waals surface area (Å²) in [5.41, 5.74) is 0. The zero-order chi connectivity index (χ0) is 6.85. The van der Waals surface area contributed by atoms with Crippen LogP contribution in [0.3, 0.4) is 0 Å². The smallest absolute Gasteiger partial charge is 0.214 e. The summed E-state index contributed by atoms with van der Waals surface area (Å²) in [6, 6.07) is 1.18. The van der Waals surface area contributed by atoms with Gasteiger partial charge in [0.15, 0.2) is 0 Å². The van der Waals surface area contributed by atoms with E-state index in [1.54, 1.807) is 0 Å². The molecule has 0 aliphatic rings. The minimum absolute atomic E-state index is 0.406. The third-order valence-corrected chi connectivity index (χ3v) is 2.27. The second-order valence-corrected chi connectivity index (χ2v) is 2.99. The molecule has 0 N–H and O–H groups in total. The standard InChI is InChI=1S/C5H2ClFIN/c6-3-1-5(7)9-2-4(3)8/h1-2H. The molecule has 1 rings (SSSR count). The van der Waals surface area contributed by atoms with E-state index in [-0.39, 0.29) is 0 Å². The first kappa shape index (κ1) is 7.21. The normalized spacial score (nSPS) is 9.67. The summed E-state index contributed by atoms with van der Waals surface area (Å²) in [5, 5.41) is 0.406. The van der Waals surface area contributed by atoms with Gasteiger partial charge in [0.05, 0.1) is 8.59 Å². The Morgan fingerprint density at radius 3 is 2.78 bits per heavy atom. The Balaban J connectivity index is 3.17. The molecule has 9 heavy (non-hydrogen) atoms. The molecule has 1 heterocycles. The van der Waals surface area contributed by atoms with Gasteiger partial charge in [-0.05, 0) is 22.6 Å². The van der Waals surface area contributed by atoms with Crippen LogP contribution in [-0.2, 0) is 0 Å². The van der Waals surface area contributed by atoms with E-state index < -0.39 is 5.95 Å². The van der Waals surface area contributed by atoms with Gasteiger partial charge in [-0.2, -0.15) is 4.39 Å². The highest BCUT2D eigenvalue weighted by Crippen LogP contribution is 2.16. The largest absolute Gasteiger partial charge is 0.227 e. The average molecular weight is 257 g/mol. The summed E-state index contributed by atoms with van der Waals surface area (Å²) in [6.45, 7) is 0. The molecule has 0 saturated heterocycles. The predicted molar refractivity (Wildman–Crippen MR) is 41.9 cm³/mol. The summed E-state index contributed by atoms with van der Waals surface area (Å²) in [7, 11) is 0. The maximum Gasteiger partial charge on any atom is 0.214 e. The van der Waals surface area contributed by atoms with Crippen molar-refractivity contribution in [3.8, 4) is 0 Å². The van der Waals surface area contributed by atoms with E-state index in [1.165, 1.54) is 12.3 Å². The van der Waals surface area contributed by atoms with E-state index in [1.807, 2.05) is 22.6 Å². The van der Waals surface area contributed by atoms with Crippen LogP contribution in [-0.4, -0.2) is 4.98 Å². The monoisotopic (exact) mass is 257 g/mol. The molecule has 48 valence electrons. The number of hydrogen-bond donors (Lipinski definition) is 0. The Hall–Kier alpha value is 0.1000. The second kappa shape index (κ2) is 2.79. The van der Waals surface area contributed by atoms with Crippen LogP contribution >= 0.6 is 34.2 Å². The van der Waals surface area contributed by atoms with Gasteiger partial charge in [-0.1, -0.05) is 11.6 Å². The lowest BCUT2D eigenvalue weighted by atomic mass is 10.5. The number of aromatic nitrogens is 1. The van der Waals surface area contributed by atoms with Crippen LogP contribution in [0.4, 0.5) is 4.39 Å². The van der Waals surface area contributed by atoms with Crippen LogP contribution < -0.4 is 0 Å². The van der Waals surface area contributed by atoms with E-state index in [0.29, 0.717) is 5.02 Å². The minimum atomic E-state index is -0.541. The molecule has 0 saturated carbocycles. The molecular weight excluding hydrogens is 255 g/mol. The van der Waals surface area contributed by atoms with Crippen molar-refractivity contribution in [2.75, 3.05) is 0 Å². The summed E-state index contributed by atoms with van der Waals surface area (Å²) in [5.74, 6) is -0.541. The summed E-state index contributed by atoms with van der Waals surface area (Å²) < 4.78 is 12.9. The number of pyridine rings is 1. The fourth-order valence-corrected chi connectivity index (χ4v) is 0.825. The first-order valence-corrected chi connectivity index (χ1v) is 3.62. The van der Waals surface area contributed by atoms with Crippen molar-refractivity contribution < 1.29 is 4.39 Å². The van der Waals surface area contributed by atoms with Crippen molar-refractivity contribution in [2.45, 2.75) is 0 Å². The van der Waals surface area contributed by atoms with Crippen LogP contribution in [0.15, 0.2) is 12.3 Å². The molecule has 0 atom stereocenters. The molecule has 0 aliphatic heterocycles. The summed E-state index contributed by atoms with van der Waals surface area (Å²) in [4.78, 5) is 3.38. The Morgan fingerprint density at radius 2 is 2.33 bits per heavy atom. The van der Waals surface area contributed by atoms with Gasteiger partial charge < -0.3 is 0 Å². The third-order valence-electron chi connectivity index (χ3n) is 0.775. The fraction of sp³-hybridized carbons (Fsp3) is 0. The zero-order valence-electron chi connectivity index (χ0n) is 4.24. The molecule has 0 radical (unpaired) electrons. The van der Waals surface area contributed by atoms with Crippen molar-refractivity contribution in [2.24, 2.45) is 0 Å². The first-order chi connectivity index (χ1) is 4.20. The molecule has 0 bridgehead atoms. The van der Waals surface area contributed by atoms with Gasteiger partial charge in [0.2, 0.25) is 5.95 Å². The van der Waals surface area contributed by atoms with Gasteiger partial charge in [0.25, 0.3) is 0 Å². The summed E-state index contributed by atoms with van der Waals surface area (Å²) in [6.07, 6.45) is 1.39. The maximum atomic E-state index is 12.1. The Labute approximate surface area is 70.4 Å². The Kier molecular flexibility index (Phi) is 2.23. The lowest BCUT2D eigenvalue weighted by Crippen LogP contribution is -1.82. The van der Waals surface area contributed by atoms with Crippen LogP contribution in [0.1, 0.15) is 0 Å². The van der Waals surface area contributed by atoms with E-state index >= 15 is 0 Å². The molecule has 0 aromatic carbocycles. The minimum Gasteiger partial charge on any atom is -0.227 e. The van der Waals surface area contributed by atoms with Gasteiger partial charge in [0.1, 0.15) is 0 Å². The number of hydrogen-bond acceptors (Lipinski definition) is 1. The highest BCUT2D eigenvalue weighted by Gasteiger charge is 1.97. The lowest BCUT2D eigenvalue weighted by molar-refractivity contribution is 0.583. The first-order valence-electron chi connectivity index (χ1n) is 2.16. The van der Waals surface area contributed by atoms with Gasteiger partial charge in [0, 0.05) is 12.3 Å². The topological polar surface area (TPSA) is 12.9 Å². The third kappa shape index (κ3) is 1.76. The SMILES string of the molecule is Fc1cc(Cl)c(I)cn1. The van der Waals surface area contributed by atoms with E-state index in [9.17, 15) is 4.39 Å². The van der Waals surface area contributed by atoms with Crippen molar-refractivity contribution in [1.29, 1.82) is 0 Å². The number of nitrogens with zero attached hydrogens (tertiary/aromatic N) is 1. The fourth-order valence-electron chi connectivity index (χ4n) is 0.391. The Bertz CT molecular complexity index is 228. The van der Waals surface area contributed by atoms with Crippen molar-refractivity contribution >= 4 is 34.2 Å². The molecule has 1 nitrogen and oxygen atoms in total. The van der Waals surface area contributed by atoms with Gasteiger partial charge >= 0.3 is 0 Å². The van der Waals surface area contributed by atoms with Crippen LogP contribution in [0.5, 0.6) is 0 Å². The van der Waals surface area contributed by atoms with Crippen molar-refractivity contribution in [3.05, 3.63) is 26.8 Å². The molecule has 0 amide bonds. The van der Waals surface area contributed by atoms with Crippen molar-refractivity contribution in [1.82, 2.24) is 4.98 Å². The molecule has 0 aliphatic carbocycles. The van der Waals surface area contributed by atoms with Crippen LogP contribution in [0, 0.1) is 9.52 Å². The predicted octanol–water partition coefficient (Wildman–Crippen LogP) is 2.48. The second-order valence-electron chi connectivity index (χ2n) is 1.42. The number of rotatable bonds is 0. The lowest BCUT2D eigenvalue weighted by Gasteiger charge is -1.91. The molecule has 0 unspecified atom stereocenters. The molecule has 1 aromatic heterocycles. The quantitative estimate of drug-likeness (QED) is 0.514. The van der Waals surface area contributed by atoms with E-state index in [4.69, 9.17) is 11.6 Å². The van der Waals surface area contributed by atoms with E-state index in [0.717, 1.165) is 3.57 Å². The average Bonchev–Trinajstić information content (AvgIpc) is 1.80. The van der Waals surface area contributed by atoms with Crippen molar-refractivity contribution in [3.63, 3.8) is 0 Å². The molecular formula is C5H2ClFIN. The van der Waals surface area contributed by atoms with E-state index in [2.05, 4.69) is 4.98 Å². The maximum absolute atomic E-state index is 12.1. The van der Waals surface area contributed by atoms with Gasteiger partial charge in [-0.3, -0.25) is 0 Å². The zero-order valence-corrected chi connectivity index (χ0v) is 7.15. The van der Waals surface area contributed by atoms with Gasteiger partial charge in [-0.25, -0.2) is 4.98 Å². The molecule has 0 spiro atoms. The molecule has 4 heteroatoms. The highest BCUT2D eigenvalue weighted by atomic mass is 127. The summed E-state index contributed by atoms with van der Waals surface area (Å²) >= 11 is 7.51. The highest BCUT2D eigenvalue weighted by molar-refractivity contribution is 14.1. The molecule has 0 fully saturated rings. The number of halogens is 3. The van der Waals surface area contributed by atoms with Crippen LogP contribution in [0.25, 0.3) is 0 Å². The molecule has 1 aromatic rings. The Morgan fingerprint density at radius 1 is 1.67 bits per heavy atom. The van der Waals surface area contributed by atoms with Gasteiger partial charge in [-0.15, -0.1) is 0 Å². The van der Waals surface area contributed by atoms with Crippen LogP contribution in [0.2, 0.25) is 5.02 Å².